The maximum atomic E-state index is 13.5. The van der Waals surface area contributed by atoms with E-state index in [0.717, 1.165) is 62.5 Å². The lowest BCUT2D eigenvalue weighted by Gasteiger charge is -2.47. The maximum absolute atomic E-state index is 13.5. The second-order valence-electron chi connectivity index (χ2n) is 14.4. The number of fused-ring (bicyclic) bond motifs is 5. The molecule has 1 aliphatic carbocycles. The van der Waals surface area contributed by atoms with Crippen LogP contribution in [0.1, 0.15) is 97.9 Å². The molecule has 1 fully saturated rings. The number of amides is 1. The van der Waals surface area contributed by atoms with Crippen LogP contribution in [0.2, 0.25) is 0 Å². The summed E-state index contributed by atoms with van der Waals surface area (Å²) in [6, 6.07) is 13.1. The van der Waals surface area contributed by atoms with E-state index >= 15 is 0 Å². The lowest BCUT2D eigenvalue weighted by atomic mass is 9.73. The van der Waals surface area contributed by atoms with Crippen LogP contribution in [0.5, 0.6) is 5.88 Å². The molecule has 8 nitrogen and oxygen atoms in total. The maximum Gasteiger partial charge on any atom is 0.253 e. The van der Waals surface area contributed by atoms with Crippen LogP contribution in [0, 0.1) is 5.41 Å². The number of nitrogens with one attached hydrogen (secondary N) is 2. The topological polar surface area (TPSA) is 105 Å². The number of aliphatic hydroxyl groups is 1. The first-order valence-corrected chi connectivity index (χ1v) is 16.2. The minimum Gasteiger partial charge on any atom is -0.471 e. The van der Waals surface area contributed by atoms with Crippen LogP contribution >= 0.6 is 0 Å². The van der Waals surface area contributed by atoms with E-state index < -0.39 is 12.1 Å². The second kappa shape index (κ2) is 12.5. The molecule has 44 heavy (non-hydrogen) atoms. The summed E-state index contributed by atoms with van der Waals surface area (Å²) in [4.78, 5) is 30.7. The van der Waals surface area contributed by atoms with Gasteiger partial charge < -0.3 is 25.0 Å². The molecule has 0 saturated heterocycles. The summed E-state index contributed by atoms with van der Waals surface area (Å²) in [7, 11) is 0. The van der Waals surface area contributed by atoms with Gasteiger partial charge in [-0.05, 0) is 85.6 Å². The smallest absolute Gasteiger partial charge is 0.253 e. The van der Waals surface area contributed by atoms with Gasteiger partial charge in [0.2, 0.25) is 5.88 Å². The zero-order valence-corrected chi connectivity index (χ0v) is 26.3. The first-order chi connectivity index (χ1) is 21.1. The van der Waals surface area contributed by atoms with Crippen molar-refractivity contribution in [2.24, 2.45) is 5.41 Å². The summed E-state index contributed by atoms with van der Waals surface area (Å²) in [5.41, 5.74) is 4.76. The van der Waals surface area contributed by atoms with Crippen molar-refractivity contribution < 1.29 is 14.6 Å². The molecule has 4 bridgehead atoms. The summed E-state index contributed by atoms with van der Waals surface area (Å²) >= 11 is 0. The van der Waals surface area contributed by atoms with Crippen molar-refractivity contribution in [2.75, 3.05) is 6.54 Å². The van der Waals surface area contributed by atoms with Gasteiger partial charge in [0, 0.05) is 49.6 Å². The van der Waals surface area contributed by atoms with Gasteiger partial charge in [-0.25, -0.2) is 4.98 Å². The van der Waals surface area contributed by atoms with E-state index in [-0.39, 0.29) is 28.5 Å². The average molecular weight is 599 g/mol. The highest BCUT2D eigenvalue weighted by atomic mass is 16.5. The SMILES string of the molecule is CC(C)(C)Cc1cnc2c(c1)[C@@H](NC[C@@H](O)[C@@H]1Cc3cccc(c3)CCCCn3cc(ccc3=O)C(=O)N1)CC1(CCC1)O2. The molecule has 8 heteroatoms. The first-order valence-electron chi connectivity index (χ1n) is 16.2. The highest BCUT2D eigenvalue weighted by Gasteiger charge is 2.46. The van der Waals surface area contributed by atoms with Crippen LogP contribution in [-0.4, -0.2) is 44.9 Å². The molecular weight excluding hydrogens is 552 g/mol. The molecular formula is C36H46N4O4. The van der Waals surface area contributed by atoms with Gasteiger partial charge in [-0.1, -0.05) is 45.0 Å². The van der Waals surface area contributed by atoms with E-state index in [2.05, 4.69) is 55.7 Å². The Hall–Kier alpha value is -3.49. The van der Waals surface area contributed by atoms with Crippen molar-refractivity contribution in [1.29, 1.82) is 0 Å². The third-order valence-corrected chi connectivity index (χ3v) is 9.36. The Morgan fingerprint density at radius 1 is 1.11 bits per heavy atom. The Morgan fingerprint density at radius 3 is 2.70 bits per heavy atom. The summed E-state index contributed by atoms with van der Waals surface area (Å²) in [5, 5.41) is 18.4. The van der Waals surface area contributed by atoms with Crippen LogP contribution in [0.25, 0.3) is 0 Å². The Balaban J connectivity index is 1.24. The van der Waals surface area contributed by atoms with Gasteiger partial charge >= 0.3 is 0 Å². The van der Waals surface area contributed by atoms with Crippen LogP contribution in [-0.2, 0) is 25.8 Å². The standard InChI is InChI=1S/C36H46N4O4/c1-35(2,3)19-26-17-28-30(20-36(13-7-14-36)44-34(28)38-21-26)37-22-31(41)29-18-25-10-6-9-24(16-25)8-4-5-15-40-23-27(33(43)39-29)11-12-32(40)42/h6,9-12,16-17,21,23,29-31,37,41H,4-5,7-8,13-15,18-20,22H2,1-3H3,(H,39,43)/t29-,30-,31+/m0/s1. The predicted octanol–water partition coefficient (Wildman–Crippen LogP) is 4.91. The number of carbonyl (C=O) groups is 1. The fraction of sp³-hybridized carbons (Fsp3) is 0.528. The Bertz CT molecular complexity index is 1550. The summed E-state index contributed by atoms with van der Waals surface area (Å²) in [6.07, 6.45) is 10.8. The van der Waals surface area contributed by atoms with Crippen molar-refractivity contribution in [3.8, 4) is 5.88 Å². The lowest BCUT2D eigenvalue weighted by molar-refractivity contribution is -0.0421. The molecule has 1 spiro atoms. The number of nitrogens with zero attached hydrogens (tertiary/aromatic N) is 2. The number of aromatic nitrogens is 2. The summed E-state index contributed by atoms with van der Waals surface area (Å²) in [6.45, 7) is 7.54. The zero-order valence-electron chi connectivity index (χ0n) is 26.3. The Labute approximate surface area is 260 Å². The van der Waals surface area contributed by atoms with Crippen molar-refractivity contribution in [3.05, 3.63) is 93.0 Å². The molecule has 234 valence electrons. The summed E-state index contributed by atoms with van der Waals surface area (Å²) in [5.74, 6) is 0.399. The monoisotopic (exact) mass is 598 g/mol. The summed E-state index contributed by atoms with van der Waals surface area (Å²) < 4.78 is 8.08. The minimum atomic E-state index is -0.851. The zero-order chi connectivity index (χ0) is 30.9. The van der Waals surface area contributed by atoms with Gasteiger partial charge in [-0.3, -0.25) is 9.59 Å². The van der Waals surface area contributed by atoms with E-state index in [1.807, 2.05) is 12.3 Å². The molecule has 3 N–H and O–H groups in total. The molecule has 1 saturated carbocycles. The molecule has 2 aliphatic heterocycles. The number of hydrogen-bond acceptors (Lipinski definition) is 6. The third kappa shape index (κ3) is 7.08. The van der Waals surface area contributed by atoms with Crippen LogP contribution in [0.15, 0.2) is 59.7 Å². The number of aliphatic hydroxyl groups excluding tert-OH is 1. The van der Waals surface area contributed by atoms with Crippen LogP contribution in [0.4, 0.5) is 0 Å². The number of benzene rings is 1. The largest absolute Gasteiger partial charge is 0.471 e. The van der Waals surface area contributed by atoms with Crippen molar-refractivity contribution in [1.82, 2.24) is 20.2 Å². The van der Waals surface area contributed by atoms with E-state index in [9.17, 15) is 14.7 Å². The predicted molar refractivity (Wildman–Crippen MR) is 171 cm³/mol. The first kappa shape index (κ1) is 30.5. The molecule has 2 aromatic heterocycles. The number of hydrogen-bond donors (Lipinski definition) is 3. The Kier molecular flexibility index (Phi) is 8.66. The van der Waals surface area contributed by atoms with Crippen molar-refractivity contribution in [3.63, 3.8) is 0 Å². The van der Waals surface area contributed by atoms with Crippen molar-refractivity contribution >= 4 is 5.91 Å². The number of carbonyl (C=O) groups excluding carboxylic acids is 1. The van der Waals surface area contributed by atoms with Gasteiger partial charge in [0.25, 0.3) is 11.5 Å². The molecule has 1 amide bonds. The Morgan fingerprint density at radius 2 is 1.93 bits per heavy atom. The van der Waals surface area contributed by atoms with E-state index in [1.165, 1.54) is 17.2 Å². The van der Waals surface area contributed by atoms with Gasteiger partial charge in [0.15, 0.2) is 0 Å². The van der Waals surface area contributed by atoms with Gasteiger partial charge in [0.05, 0.1) is 17.7 Å². The van der Waals surface area contributed by atoms with Crippen molar-refractivity contribution in [2.45, 2.75) is 109 Å². The van der Waals surface area contributed by atoms with E-state index in [4.69, 9.17) is 9.72 Å². The fourth-order valence-electron chi connectivity index (χ4n) is 6.90. The average Bonchev–Trinajstić information content (AvgIpc) is 2.96. The molecule has 1 aromatic carbocycles. The third-order valence-electron chi connectivity index (χ3n) is 9.36. The molecule has 6 rings (SSSR count). The van der Waals surface area contributed by atoms with Crippen LogP contribution in [0.3, 0.4) is 0 Å². The number of pyridine rings is 2. The van der Waals surface area contributed by atoms with E-state index in [0.29, 0.717) is 31.0 Å². The highest BCUT2D eigenvalue weighted by molar-refractivity contribution is 5.94. The molecule has 0 unspecified atom stereocenters. The molecule has 3 aromatic rings. The van der Waals surface area contributed by atoms with Gasteiger partial charge in [0.1, 0.15) is 5.60 Å². The number of ether oxygens (including phenoxy) is 1. The number of rotatable bonds is 5. The normalized spacial score (nSPS) is 22.1. The number of aryl methyl sites for hydroxylation is 2. The highest BCUT2D eigenvalue weighted by Crippen LogP contribution is 2.48. The van der Waals surface area contributed by atoms with Gasteiger partial charge in [-0.15, -0.1) is 0 Å². The van der Waals surface area contributed by atoms with Gasteiger partial charge in [-0.2, -0.15) is 0 Å². The quantitative estimate of drug-likeness (QED) is 0.386. The molecule has 0 radical (unpaired) electrons. The molecule has 4 heterocycles. The fourth-order valence-corrected chi connectivity index (χ4v) is 6.90. The van der Waals surface area contributed by atoms with Crippen LogP contribution < -0.4 is 20.9 Å². The molecule has 3 aliphatic rings. The second-order valence-corrected chi connectivity index (χ2v) is 14.4. The molecule has 3 atom stereocenters. The van der Waals surface area contributed by atoms with E-state index in [1.54, 1.807) is 16.8 Å². The lowest BCUT2D eigenvalue weighted by Crippen LogP contribution is -2.52. The minimum absolute atomic E-state index is 0.0118.